The van der Waals surface area contributed by atoms with Gasteiger partial charge in [0, 0.05) is 16.9 Å². The van der Waals surface area contributed by atoms with E-state index in [1.165, 1.54) is 12.1 Å². The zero-order valence-electron chi connectivity index (χ0n) is 13.9. The minimum Gasteiger partial charge on any atom is -0.406 e. The Bertz CT molecular complexity index is 835. The van der Waals surface area contributed by atoms with Crippen LogP contribution < -0.4 is 15.6 Å². The fourth-order valence-corrected chi connectivity index (χ4v) is 2.85. The average molecular weight is 387 g/mol. The van der Waals surface area contributed by atoms with Gasteiger partial charge in [0.2, 0.25) is 5.91 Å². The van der Waals surface area contributed by atoms with Gasteiger partial charge < -0.3 is 15.0 Å². The second kappa shape index (κ2) is 8.26. The van der Waals surface area contributed by atoms with Gasteiger partial charge in [-0.2, -0.15) is 0 Å². The summed E-state index contributed by atoms with van der Waals surface area (Å²) in [5.41, 5.74) is 1.30. The molecule has 6 nitrogen and oxygen atoms in total. The van der Waals surface area contributed by atoms with Gasteiger partial charge in [0.1, 0.15) is 5.75 Å². The number of carbonyl (C=O) groups is 1. The van der Waals surface area contributed by atoms with E-state index in [-0.39, 0.29) is 23.0 Å². The van der Waals surface area contributed by atoms with Crippen molar-refractivity contribution in [1.82, 2.24) is 9.97 Å². The van der Waals surface area contributed by atoms with Crippen molar-refractivity contribution < 1.29 is 22.7 Å². The SMILES string of the molecule is CCc1c(C)nc(SCC(=O)Nc2ccc(OC(F)(F)F)cc2)[nH]c1=O. The third-order valence-electron chi connectivity index (χ3n) is 3.27. The Kier molecular flexibility index (Phi) is 6.30. The molecule has 26 heavy (non-hydrogen) atoms. The van der Waals surface area contributed by atoms with Crippen molar-refractivity contribution in [3.8, 4) is 5.75 Å². The van der Waals surface area contributed by atoms with Gasteiger partial charge in [-0.3, -0.25) is 9.59 Å². The number of ether oxygens (including phenoxy) is 1. The zero-order chi connectivity index (χ0) is 19.3. The van der Waals surface area contributed by atoms with Crippen molar-refractivity contribution in [2.24, 2.45) is 0 Å². The molecule has 0 radical (unpaired) electrons. The molecule has 0 aliphatic heterocycles. The highest BCUT2D eigenvalue weighted by molar-refractivity contribution is 7.99. The number of aromatic amines is 1. The fraction of sp³-hybridized carbons (Fsp3) is 0.312. The van der Waals surface area contributed by atoms with Crippen molar-refractivity contribution in [2.45, 2.75) is 31.8 Å². The number of hydrogen-bond acceptors (Lipinski definition) is 5. The van der Waals surface area contributed by atoms with Crippen LogP contribution in [0.15, 0.2) is 34.2 Å². The van der Waals surface area contributed by atoms with E-state index in [9.17, 15) is 22.8 Å². The molecule has 2 aromatic rings. The molecule has 0 atom stereocenters. The van der Waals surface area contributed by atoms with Gasteiger partial charge in [-0.05, 0) is 37.6 Å². The van der Waals surface area contributed by atoms with Crippen LogP contribution in [0.4, 0.5) is 18.9 Å². The lowest BCUT2D eigenvalue weighted by molar-refractivity contribution is -0.274. The van der Waals surface area contributed by atoms with Crippen LogP contribution in [0.5, 0.6) is 5.75 Å². The van der Waals surface area contributed by atoms with Crippen molar-refractivity contribution in [1.29, 1.82) is 0 Å². The molecule has 0 spiro atoms. The van der Waals surface area contributed by atoms with E-state index < -0.39 is 6.36 Å². The Hall–Kier alpha value is -2.49. The first kappa shape index (κ1) is 19.8. The minimum atomic E-state index is -4.77. The molecule has 2 rings (SSSR count). The predicted molar refractivity (Wildman–Crippen MR) is 91.5 cm³/mol. The number of nitrogens with zero attached hydrogens (tertiary/aromatic N) is 1. The van der Waals surface area contributed by atoms with Crippen LogP contribution in [0.25, 0.3) is 0 Å². The van der Waals surface area contributed by atoms with Crippen LogP contribution in [0, 0.1) is 6.92 Å². The third-order valence-corrected chi connectivity index (χ3v) is 4.14. The highest BCUT2D eigenvalue weighted by Gasteiger charge is 2.30. The number of thioether (sulfide) groups is 1. The molecule has 0 saturated heterocycles. The Morgan fingerprint density at radius 1 is 1.31 bits per heavy atom. The van der Waals surface area contributed by atoms with E-state index in [1.807, 2.05) is 6.92 Å². The Morgan fingerprint density at radius 2 is 1.96 bits per heavy atom. The number of aromatic nitrogens is 2. The lowest BCUT2D eigenvalue weighted by Crippen LogP contribution is -2.18. The van der Waals surface area contributed by atoms with Gasteiger partial charge in [0.05, 0.1) is 5.75 Å². The number of benzene rings is 1. The second-order valence-electron chi connectivity index (χ2n) is 5.20. The summed E-state index contributed by atoms with van der Waals surface area (Å²) in [5.74, 6) is -0.785. The van der Waals surface area contributed by atoms with E-state index in [1.54, 1.807) is 6.92 Å². The number of halogens is 3. The summed E-state index contributed by atoms with van der Waals surface area (Å²) in [5, 5.41) is 2.87. The van der Waals surface area contributed by atoms with Crippen LogP contribution in [-0.2, 0) is 11.2 Å². The van der Waals surface area contributed by atoms with Crippen LogP contribution >= 0.6 is 11.8 Å². The summed E-state index contributed by atoms with van der Waals surface area (Å²) >= 11 is 1.05. The molecule has 0 unspecified atom stereocenters. The molecule has 0 saturated carbocycles. The van der Waals surface area contributed by atoms with Crippen LogP contribution in [0.1, 0.15) is 18.2 Å². The highest BCUT2D eigenvalue weighted by Crippen LogP contribution is 2.24. The normalized spacial score (nSPS) is 11.3. The summed E-state index contributed by atoms with van der Waals surface area (Å²) in [6, 6.07) is 4.79. The van der Waals surface area contributed by atoms with Gasteiger partial charge in [-0.1, -0.05) is 18.7 Å². The van der Waals surface area contributed by atoms with Crippen LogP contribution in [0.3, 0.4) is 0 Å². The number of anilines is 1. The van der Waals surface area contributed by atoms with Crippen molar-refractivity contribution >= 4 is 23.4 Å². The topological polar surface area (TPSA) is 84.1 Å². The monoisotopic (exact) mass is 387 g/mol. The summed E-state index contributed by atoms with van der Waals surface area (Å²) in [6.45, 7) is 3.58. The molecule has 0 aliphatic carbocycles. The van der Waals surface area contributed by atoms with Crippen molar-refractivity contribution in [2.75, 3.05) is 11.1 Å². The van der Waals surface area contributed by atoms with Gasteiger partial charge in [-0.25, -0.2) is 4.98 Å². The largest absolute Gasteiger partial charge is 0.573 e. The van der Waals surface area contributed by atoms with E-state index in [0.717, 1.165) is 23.9 Å². The lowest BCUT2D eigenvalue weighted by atomic mass is 10.2. The summed E-state index contributed by atoms with van der Waals surface area (Å²) < 4.78 is 40.0. The van der Waals surface area contributed by atoms with E-state index in [2.05, 4.69) is 20.0 Å². The summed E-state index contributed by atoms with van der Waals surface area (Å²) in [4.78, 5) is 30.6. The van der Waals surface area contributed by atoms with Crippen molar-refractivity contribution in [3.63, 3.8) is 0 Å². The van der Waals surface area contributed by atoms with E-state index >= 15 is 0 Å². The van der Waals surface area contributed by atoms with Crippen LogP contribution in [0.2, 0.25) is 0 Å². The number of aryl methyl sites for hydroxylation is 1. The molecular formula is C16H16F3N3O3S. The maximum atomic E-state index is 12.1. The molecule has 0 bridgehead atoms. The predicted octanol–water partition coefficient (Wildman–Crippen LogP) is 3.27. The number of H-pyrrole nitrogens is 1. The van der Waals surface area contributed by atoms with Crippen molar-refractivity contribution in [3.05, 3.63) is 45.9 Å². The minimum absolute atomic E-state index is 0.0192. The van der Waals surface area contributed by atoms with Gasteiger partial charge in [0.25, 0.3) is 5.56 Å². The molecule has 1 amide bonds. The Labute approximate surface area is 151 Å². The molecule has 0 fully saturated rings. The molecule has 1 heterocycles. The maximum Gasteiger partial charge on any atom is 0.573 e. The Morgan fingerprint density at radius 3 is 2.50 bits per heavy atom. The molecule has 10 heteroatoms. The zero-order valence-corrected chi connectivity index (χ0v) is 14.8. The molecule has 140 valence electrons. The number of alkyl halides is 3. The number of nitrogens with one attached hydrogen (secondary N) is 2. The number of amides is 1. The summed E-state index contributed by atoms with van der Waals surface area (Å²) in [6.07, 6.45) is -4.20. The molecular weight excluding hydrogens is 371 g/mol. The van der Waals surface area contributed by atoms with E-state index in [0.29, 0.717) is 28.5 Å². The van der Waals surface area contributed by atoms with Gasteiger partial charge in [-0.15, -0.1) is 13.2 Å². The number of carbonyl (C=O) groups excluding carboxylic acids is 1. The quantitative estimate of drug-likeness (QED) is 0.587. The molecule has 1 aromatic heterocycles. The smallest absolute Gasteiger partial charge is 0.406 e. The number of rotatable bonds is 6. The standard InChI is InChI=1S/C16H16F3N3O3S/c1-3-12-9(2)20-15(22-14(12)24)26-8-13(23)21-10-4-6-11(7-5-10)25-16(17,18)19/h4-7H,3,8H2,1-2H3,(H,21,23)(H,20,22,24). The summed E-state index contributed by atoms with van der Waals surface area (Å²) in [7, 11) is 0. The molecule has 0 aliphatic rings. The van der Waals surface area contributed by atoms with Gasteiger partial charge in [0.15, 0.2) is 5.16 Å². The molecule has 1 aromatic carbocycles. The number of hydrogen-bond donors (Lipinski definition) is 2. The maximum absolute atomic E-state index is 12.1. The van der Waals surface area contributed by atoms with Gasteiger partial charge >= 0.3 is 6.36 Å². The second-order valence-corrected chi connectivity index (χ2v) is 6.16. The Balaban J connectivity index is 1.92. The highest BCUT2D eigenvalue weighted by atomic mass is 32.2. The molecule has 2 N–H and O–H groups in total. The fourth-order valence-electron chi connectivity index (χ4n) is 2.14. The first-order valence-electron chi connectivity index (χ1n) is 7.56. The van der Waals surface area contributed by atoms with Crippen LogP contribution in [-0.4, -0.2) is 28.0 Å². The average Bonchev–Trinajstić information content (AvgIpc) is 2.53. The first-order chi connectivity index (χ1) is 12.2. The first-order valence-corrected chi connectivity index (χ1v) is 8.54. The third kappa shape index (κ3) is 5.80. The van der Waals surface area contributed by atoms with E-state index in [4.69, 9.17) is 0 Å². The lowest BCUT2D eigenvalue weighted by Gasteiger charge is -2.10.